The molecular formula is C37H47N9O10. The summed E-state index contributed by atoms with van der Waals surface area (Å²) in [5, 5.41) is 37.4. The molecule has 0 radical (unpaired) electrons. The van der Waals surface area contributed by atoms with Gasteiger partial charge in [0.25, 0.3) is 11.6 Å². The molecule has 0 saturated carbocycles. The third kappa shape index (κ3) is 12.8. The quantitative estimate of drug-likeness (QED) is 0.152. The summed E-state index contributed by atoms with van der Waals surface area (Å²) in [5.41, 5.74) is 5.77. The van der Waals surface area contributed by atoms with Crippen molar-refractivity contribution in [1.82, 2.24) is 29.5 Å². The lowest BCUT2D eigenvalue weighted by molar-refractivity contribution is -0.159. The summed E-state index contributed by atoms with van der Waals surface area (Å²) in [6.07, 6.45) is 4.42. The fraction of sp³-hybridized carbons (Fsp3) is 0.568. The fourth-order valence-electron chi connectivity index (χ4n) is 5.79. The lowest BCUT2D eigenvalue weighted by Crippen LogP contribution is -2.36. The minimum atomic E-state index is -1.31. The number of esters is 3. The molecule has 3 aromatic rings. The minimum absolute atomic E-state index is 0.00979. The van der Waals surface area contributed by atoms with E-state index in [-0.39, 0.29) is 55.1 Å². The van der Waals surface area contributed by atoms with E-state index in [9.17, 15) is 24.3 Å². The molecule has 19 nitrogen and oxygen atoms in total. The number of epoxide rings is 1. The Morgan fingerprint density at radius 2 is 1.30 bits per heavy atom. The molecule has 1 aromatic carbocycles. The molecule has 19 heteroatoms. The monoisotopic (exact) mass is 777 g/mol. The summed E-state index contributed by atoms with van der Waals surface area (Å²) in [6, 6.07) is 5.84. The van der Waals surface area contributed by atoms with Crippen LogP contribution in [0.15, 0.2) is 18.7 Å². The van der Waals surface area contributed by atoms with E-state index < -0.39 is 30.2 Å². The van der Waals surface area contributed by atoms with E-state index >= 15 is 0 Å². The molecule has 0 spiro atoms. The normalized spacial score (nSPS) is 15.8. The first-order chi connectivity index (χ1) is 26.7. The van der Waals surface area contributed by atoms with E-state index in [1.807, 2.05) is 19.9 Å². The van der Waals surface area contributed by atoms with Gasteiger partial charge in [-0.1, -0.05) is 6.07 Å². The van der Waals surface area contributed by atoms with E-state index in [0.29, 0.717) is 6.61 Å². The molecule has 3 atom stereocenters. The molecule has 1 saturated heterocycles. The molecule has 2 N–H and O–H groups in total. The number of benzene rings is 1. The first kappa shape index (κ1) is 42.8. The number of hydrogen-bond donors (Lipinski definition) is 2. The summed E-state index contributed by atoms with van der Waals surface area (Å²) >= 11 is 0. The number of rotatable bonds is 12. The number of nitrogens with zero attached hydrogens (tertiary/aromatic N) is 8. The van der Waals surface area contributed by atoms with Crippen molar-refractivity contribution < 1.29 is 48.0 Å². The summed E-state index contributed by atoms with van der Waals surface area (Å²) in [4.78, 5) is 54.7. The maximum Gasteiger partial charge on any atom is 0.412 e. The number of carbonyl (C=O) groups is 4. The van der Waals surface area contributed by atoms with Gasteiger partial charge < -0.3 is 28.8 Å². The molecular weight excluding hydrogens is 730 g/mol. The van der Waals surface area contributed by atoms with Gasteiger partial charge in [-0.2, -0.15) is 10.5 Å². The zero-order valence-electron chi connectivity index (χ0n) is 32.3. The molecule has 2 aromatic heterocycles. The van der Waals surface area contributed by atoms with Crippen molar-refractivity contribution in [1.29, 1.82) is 10.5 Å². The number of carbonyl (C=O) groups excluding carboxylic acids is 4. The summed E-state index contributed by atoms with van der Waals surface area (Å²) < 4.78 is 27.5. The molecule has 3 aliphatic rings. The van der Waals surface area contributed by atoms with Crippen molar-refractivity contribution in [2.75, 3.05) is 11.9 Å². The molecule has 1 fully saturated rings. The van der Waals surface area contributed by atoms with Gasteiger partial charge in [-0.25, -0.2) is 38.5 Å². The van der Waals surface area contributed by atoms with Crippen LogP contribution in [-0.2, 0) is 76.8 Å². The van der Waals surface area contributed by atoms with Crippen LogP contribution in [0.3, 0.4) is 0 Å². The first-order valence-electron chi connectivity index (χ1n) is 18.3. The minimum Gasteiger partial charge on any atom is -0.461 e. The molecule has 0 unspecified atom stereocenters. The Hall–Kier alpha value is -5.92. The molecule has 0 bridgehead atoms. The molecule has 2 aliphatic carbocycles. The molecule has 56 heavy (non-hydrogen) atoms. The lowest BCUT2D eigenvalue weighted by Gasteiger charge is -2.20. The number of ether oxygens (including phenoxy) is 5. The van der Waals surface area contributed by atoms with Crippen LogP contribution in [0.4, 0.5) is 10.5 Å². The van der Waals surface area contributed by atoms with Crippen LogP contribution in [0.2, 0.25) is 0 Å². The lowest BCUT2D eigenvalue weighted by atomic mass is 9.99. The van der Waals surface area contributed by atoms with Gasteiger partial charge in [-0.05, 0) is 102 Å². The number of hydrogen-bond acceptors (Lipinski definition) is 16. The van der Waals surface area contributed by atoms with Crippen molar-refractivity contribution >= 4 is 29.7 Å². The largest absolute Gasteiger partial charge is 0.461 e. The second kappa shape index (κ2) is 20.1. The first-order valence-corrected chi connectivity index (χ1v) is 18.3. The van der Waals surface area contributed by atoms with E-state index in [2.05, 4.69) is 31.5 Å². The molecule has 1 aliphatic heterocycles. The maximum absolute atomic E-state index is 12.8. The molecule has 1 amide bonds. The third-order valence-electron chi connectivity index (χ3n) is 8.12. The second-order valence-corrected chi connectivity index (χ2v) is 13.9. The van der Waals surface area contributed by atoms with E-state index in [1.165, 1.54) is 44.3 Å². The zero-order valence-corrected chi connectivity index (χ0v) is 32.3. The SMILES string of the molecule is CC(C)OC(=O)[C@@H](Cn1cnc(C#N)n1)OC(=O)Nc1c2c(cc3c1CCC3)CCC2.CC(C)OC(=O)[C@H](O)Cn1cnc(C#N)n1.CC(C)OC(=O)[C@H]1CO1. The molecule has 300 valence electrons. The number of aliphatic hydroxyl groups excluding tert-OH is 1. The third-order valence-corrected chi connectivity index (χ3v) is 8.12. The molecule has 3 heterocycles. The highest BCUT2D eigenvalue weighted by atomic mass is 16.6. The smallest absolute Gasteiger partial charge is 0.412 e. The van der Waals surface area contributed by atoms with Crippen LogP contribution in [0.1, 0.15) is 88.3 Å². The number of amides is 1. The van der Waals surface area contributed by atoms with Crippen molar-refractivity contribution in [2.24, 2.45) is 0 Å². The van der Waals surface area contributed by atoms with Gasteiger partial charge in [-0.3, -0.25) is 5.32 Å². The predicted molar refractivity (Wildman–Crippen MR) is 193 cm³/mol. The standard InChI is InChI=1S/C22H25N5O4.C9H12N4O3.C6H10O3/c1-13(2)30-21(28)18(11-27-12-24-19(10-23)26-27)31-22(29)25-20-16-7-3-5-14(16)9-15-6-4-8-17(15)20;1-6(2)16-9(15)7(14)4-13-5-11-8(3-10)12-13;1-4(2)9-6(7)5-3-8-5/h9,12-13,18H,3-8,11H2,1-2H3,(H,25,29);5-7,14H,4H2,1-2H3;4-5H,3H2,1-2H3/t18-;7-;5-/m111/s1. The van der Waals surface area contributed by atoms with Gasteiger partial charge >= 0.3 is 24.0 Å². The number of aromatic nitrogens is 6. The van der Waals surface area contributed by atoms with E-state index in [0.717, 1.165) is 44.2 Å². The van der Waals surface area contributed by atoms with Crippen LogP contribution in [0, 0.1) is 22.7 Å². The van der Waals surface area contributed by atoms with Gasteiger partial charge in [-0.15, -0.1) is 10.2 Å². The average Bonchev–Trinajstić information content (AvgIpc) is 3.50. The summed E-state index contributed by atoms with van der Waals surface area (Å²) in [5.74, 6) is -1.67. The van der Waals surface area contributed by atoms with Crippen LogP contribution >= 0.6 is 0 Å². The van der Waals surface area contributed by atoms with Crippen molar-refractivity contribution in [2.45, 2.75) is 130 Å². The van der Waals surface area contributed by atoms with Crippen molar-refractivity contribution in [3.63, 3.8) is 0 Å². The highest BCUT2D eigenvalue weighted by molar-refractivity contribution is 5.90. The molecule has 6 rings (SSSR count). The maximum atomic E-state index is 12.8. The van der Waals surface area contributed by atoms with Gasteiger partial charge in [0.15, 0.2) is 12.2 Å². The van der Waals surface area contributed by atoms with Crippen LogP contribution in [0.5, 0.6) is 0 Å². The van der Waals surface area contributed by atoms with Crippen LogP contribution in [-0.4, -0.2) is 102 Å². The predicted octanol–water partition coefficient (Wildman–Crippen LogP) is 2.50. The number of fused-ring (bicyclic) bond motifs is 2. The van der Waals surface area contributed by atoms with Gasteiger partial charge in [0.2, 0.25) is 6.10 Å². The Bertz CT molecular complexity index is 1910. The topological polar surface area (TPSA) is 259 Å². The van der Waals surface area contributed by atoms with Crippen LogP contribution in [0.25, 0.3) is 0 Å². The zero-order chi connectivity index (χ0) is 40.9. The Morgan fingerprint density at radius 3 is 1.77 bits per heavy atom. The number of aliphatic hydroxyl groups is 1. The van der Waals surface area contributed by atoms with Gasteiger partial charge in [0.1, 0.15) is 24.8 Å². The van der Waals surface area contributed by atoms with Crippen molar-refractivity contribution in [3.05, 3.63) is 52.6 Å². The Morgan fingerprint density at radius 1 is 0.804 bits per heavy atom. The van der Waals surface area contributed by atoms with E-state index in [4.69, 9.17) is 34.2 Å². The average molecular weight is 778 g/mol. The second-order valence-electron chi connectivity index (χ2n) is 13.9. The fourth-order valence-corrected chi connectivity index (χ4v) is 5.79. The number of aryl methyl sites for hydroxylation is 2. The Balaban J connectivity index is 0.000000230. The summed E-state index contributed by atoms with van der Waals surface area (Å²) in [7, 11) is 0. The number of nitriles is 2. The number of anilines is 1. The van der Waals surface area contributed by atoms with Crippen LogP contribution < -0.4 is 5.32 Å². The van der Waals surface area contributed by atoms with Gasteiger partial charge in [0.05, 0.1) is 43.7 Å². The Labute approximate surface area is 323 Å². The van der Waals surface area contributed by atoms with E-state index in [1.54, 1.807) is 33.8 Å². The van der Waals surface area contributed by atoms with Gasteiger partial charge in [0, 0.05) is 0 Å². The number of nitrogens with one attached hydrogen (secondary N) is 1. The summed E-state index contributed by atoms with van der Waals surface area (Å²) in [6.45, 7) is 10.8. The Kier molecular flexibility index (Phi) is 15.4. The highest BCUT2D eigenvalue weighted by Crippen LogP contribution is 2.38. The van der Waals surface area contributed by atoms with Crippen molar-refractivity contribution in [3.8, 4) is 12.1 Å². The highest BCUT2D eigenvalue weighted by Gasteiger charge is 2.33.